The molecule has 2 amide bonds. The number of anilines is 1. The Labute approximate surface area is 199 Å². The lowest BCUT2D eigenvalue weighted by Crippen LogP contribution is -2.47. The van der Waals surface area contributed by atoms with E-state index in [1.807, 2.05) is 44.2 Å². The van der Waals surface area contributed by atoms with E-state index in [4.69, 9.17) is 9.47 Å². The van der Waals surface area contributed by atoms with Gasteiger partial charge >= 0.3 is 0 Å². The predicted octanol–water partition coefficient (Wildman–Crippen LogP) is 5.30. The lowest BCUT2D eigenvalue weighted by Gasteiger charge is -2.19. The third kappa shape index (κ3) is 8.33. The van der Waals surface area contributed by atoms with Crippen LogP contribution < -0.4 is 15.4 Å². The van der Waals surface area contributed by atoms with Gasteiger partial charge in [0, 0.05) is 12.1 Å². The Morgan fingerprint density at radius 3 is 2.12 bits per heavy atom. The highest BCUT2D eigenvalue weighted by Crippen LogP contribution is 2.23. The molecule has 2 N–H and O–H groups in total. The molecule has 0 radical (unpaired) electrons. The third-order valence-electron chi connectivity index (χ3n) is 4.81. The Balaban J connectivity index is 1.59. The van der Waals surface area contributed by atoms with Crippen molar-refractivity contribution in [2.45, 2.75) is 32.9 Å². The van der Waals surface area contributed by atoms with Crippen LogP contribution in [-0.4, -0.2) is 24.5 Å². The lowest BCUT2D eigenvalue weighted by molar-refractivity contribution is -0.128. The number of nitrogens with one attached hydrogen (secondary N) is 2. The maximum Gasteiger partial charge on any atom is 0.249 e. The van der Waals surface area contributed by atoms with Crippen LogP contribution in [0.3, 0.4) is 0 Å². The van der Waals surface area contributed by atoms with Crippen molar-refractivity contribution in [3.63, 3.8) is 0 Å². The van der Waals surface area contributed by atoms with E-state index in [0.717, 1.165) is 5.56 Å². The number of amides is 2. The van der Waals surface area contributed by atoms with Crippen molar-refractivity contribution < 1.29 is 23.5 Å². The molecule has 0 heterocycles. The molecular formula is C27H29FN2O4. The Bertz CT molecular complexity index is 1050. The molecule has 6 nitrogen and oxygen atoms in total. The van der Waals surface area contributed by atoms with Gasteiger partial charge in [0.05, 0.1) is 13.2 Å². The quantitative estimate of drug-likeness (QED) is 0.404. The van der Waals surface area contributed by atoms with Crippen molar-refractivity contribution in [1.82, 2.24) is 5.32 Å². The Morgan fingerprint density at radius 1 is 0.882 bits per heavy atom. The molecule has 0 bridgehead atoms. The highest BCUT2D eigenvalue weighted by Gasteiger charge is 2.22. The molecule has 0 saturated heterocycles. The van der Waals surface area contributed by atoms with Gasteiger partial charge < -0.3 is 20.1 Å². The number of rotatable bonds is 11. The molecule has 0 aliphatic rings. The van der Waals surface area contributed by atoms with Gasteiger partial charge in [-0.3, -0.25) is 9.59 Å². The summed E-state index contributed by atoms with van der Waals surface area (Å²) in [6, 6.07) is 21.2. The first kappa shape index (κ1) is 24.9. The van der Waals surface area contributed by atoms with Crippen LogP contribution >= 0.6 is 0 Å². The van der Waals surface area contributed by atoms with Crippen LogP contribution in [0.5, 0.6) is 11.5 Å². The van der Waals surface area contributed by atoms with Crippen LogP contribution in [0.2, 0.25) is 0 Å². The summed E-state index contributed by atoms with van der Waals surface area (Å²) in [5, 5.41) is 5.58. The number of benzene rings is 3. The first-order chi connectivity index (χ1) is 16.4. The molecule has 3 aromatic rings. The molecular weight excluding hydrogens is 435 g/mol. The standard InChI is InChI=1S/C27H29FN2O4/c1-19(2)16-26(31)30-25(18-33-17-20-6-4-3-5-7-20)27(32)29-22-10-14-24(15-11-22)34-23-12-8-21(28)9-13-23/h3-15,19,25H,16-18H2,1-2H3,(H,29,32)(H,30,31)/t25-/m0/s1. The van der Waals surface area contributed by atoms with Gasteiger partial charge in [0.2, 0.25) is 11.8 Å². The lowest BCUT2D eigenvalue weighted by atomic mass is 10.1. The summed E-state index contributed by atoms with van der Waals surface area (Å²) < 4.78 is 24.4. The summed E-state index contributed by atoms with van der Waals surface area (Å²) in [7, 11) is 0. The molecule has 0 aliphatic heterocycles. The number of hydrogen-bond donors (Lipinski definition) is 2. The smallest absolute Gasteiger partial charge is 0.249 e. The summed E-state index contributed by atoms with van der Waals surface area (Å²) >= 11 is 0. The molecule has 0 aliphatic carbocycles. The number of halogens is 1. The number of ether oxygens (including phenoxy) is 2. The predicted molar refractivity (Wildman–Crippen MR) is 129 cm³/mol. The van der Waals surface area contributed by atoms with Crippen molar-refractivity contribution >= 4 is 17.5 Å². The SMILES string of the molecule is CC(C)CC(=O)N[C@@H](COCc1ccccc1)C(=O)Nc1ccc(Oc2ccc(F)cc2)cc1. The van der Waals surface area contributed by atoms with E-state index in [9.17, 15) is 14.0 Å². The van der Waals surface area contributed by atoms with E-state index < -0.39 is 6.04 Å². The minimum absolute atomic E-state index is 0.0380. The van der Waals surface area contributed by atoms with Crippen LogP contribution in [0.4, 0.5) is 10.1 Å². The first-order valence-electron chi connectivity index (χ1n) is 11.1. The van der Waals surface area contributed by atoms with Crippen LogP contribution in [0.1, 0.15) is 25.8 Å². The second kappa shape index (κ2) is 12.5. The largest absolute Gasteiger partial charge is 0.457 e. The fraction of sp³-hybridized carbons (Fsp3) is 0.259. The van der Waals surface area contributed by atoms with Crippen LogP contribution in [0.25, 0.3) is 0 Å². The summed E-state index contributed by atoms with van der Waals surface area (Å²) in [6.07, 6.45) is 0.317. The Morgan fingerprint density at radius 2 is 1.50 bits per heavy atom. The molecule has 1 atom stereocenters. The van der Waals surface area contributed by atoms with E-state index in [1.165, 1.54) is 24.3 Å². The number of carbonyl (C=O) groups is 2. The average Bonchev–Trinajstić information content (AvgIpc) is 2.81. The molecule has 0 unspecified atom stereocenters. The molecule has 3 rings (SSSR count). The molecule has 0 aromatic heterocycles. The van der Waals surface area contributed by atoms with Gasteiger partial charge in [-0.25, -0.2) is 4.39 Å². The van der Waals surface area contributed by atoms with Gasteiger partial charge in [0.15, 0.2) is 0 Å². The van der Waals surface area contributed by atoms with Gasteiger partial charge in [0.25, 0.3) is 0 Å². The summed E-state index contributed by atoms with van der Waals surface area (Å²) in [5.74, 6) is 0.286. The second-order valence-electron chi connectivity index (χ2n) is 8.29. The summed E-state index contributed by atoms with van der Waals surface area (Å²) in [4.78, 5) is 25.2. The van der Waals surface area contributed by atoms with Crippen molar-refractivity contribution in [2.24, 2.45) is 5.92 Å². The van der Waals surface area contributed by atoms with Crippen molar-refractivity contribution in [3.8, 4) is 11.5 Å². The van der Waals surface area contributed by atoms with Gasteiger partial charge in [-0.1, -0.05) is 44.2 Å². The average molecular weight is 465 g/mol. The Hall–Kier alpha value is -3.71. The van der Waals surface area contributed by atoms with Crippen LogP contribution in [0, 0.1) is 11.7 Å². The zero-order chi connectivity index (χ0) is 24.3. The van der Waals surface area contributed by atoms with Crippen LogP contribution in [0.15, 0.2) is 78.9 Å². The Kier molecular flexibility index (Phi) is 9.17. The monoisotopic (exact) mass is 464 g/mol. The topological polar surface area (TPSA) is 76.7 Å². The third-order valence-corrected chi connectivity index (χ3v) is 4.81. The summed E-state index contributed by atoms with van der Waals surface area (Å²) in [6.45, 7) is 4.25. The number of hydrogen-bond acceptors (Lipinski definition) is 4. The maximum absolute atomic E-state index is 13.0. The zero-order valence-corrected chi connectivity index (χ0v) is 19.3. The maximum atomic E-state index is 13.0. The van der Waals surface area contributed by atoms with Gasteiger partial charge in [-0.15, -0.1) is 0 Å². The zero-order valence-electron chi connectivity index (χ0n) is 19.3. The fourth-order valence-electron chi connectivity index (χ4n) is 3.15. The molecule has 178 valence electrons. The number of carbonyl (C=O) groups excluding carboxylic acids is 2. The van der Waals surface area contributed by atoms with Crippen molar-refractivity contribution in [1.29, 1.82) is 0 Å². The first-order valence-corrected chi connectivity index (χ1v) is 11.1. The van der Waals surface area contributed by atoms with Gasteiger partial charge in [-0.2, -0.15) is 0 Å². The van der Waals surface area contributed by atoms with E-state index in [-0.39, 0.29) is 30.2 Å². The van der Waals surface area contributed by atoms with E-state index in [2.05, 4.69) is 10.6 Å². The van der Waals surface area contributed by atoms with E-state index in [0.29, 0.717) is 30.2 Å². The fourth-order valence-corrected chi connectivity index (χ4v) is 3.15. The van der Waals surface area contributed by atoms with E-state index >= 15 is 0 Å². The van der Waals surface area contributed by atoms with Crippen molar-refractivity contribution in [2.75, 3.05) is 11.9 Å². The molecule has 0 spiro atoms. The highest BCUT2D eigenvalue weighted by atomic mass is 19.1. The highest BCUT2D eigenvalue weighted by molar-refractivity contribution is 5.97. The molecule has 0 saturated carbocycles. The van der Waals surface area contributed by atoms with Gasteiger partial charge in [0.1, 0.15) is 23.4 Å². The van der Waals surface area contributed by atoms with Gasteiger partial charge in [-0.05, 0) is 60.0 Å². The van der Waals surface area contributed by atoms with Crippen LogP contribution in [-0.2, 0) is 20.9 Å². The molecule has 34 heavy (non-hydrogen) atoms. The summed E-state index contributed by atoms with van der Waals surface area (Å²) in [5.41, 5.74) is 1.52. The second-order valence-corrected chi connectivity index (χ2v) is 8.29. The van der Waals surface area contributed by atoms with Crippen molar-refractivity contribution in [3.05, 3.63) is 90.2 Å². The molecule has 3 aromatic carbocycles. The normalized spacial score (nSPS) is 11.6. The molecule has 7 heteroatoms. The minimum Gasteiger partial charge on any atom is -0.457 e. The minimum atomic E-state index is -0.842. The molecule has 0 fully saturated rings. The van der Waals surface area contributed by atoms with E-state index in [1.54, 1.807) is 24.3 Å².